The Morgan fingerprint density at radius 3 is 3.00 bits per heavy atom. The highest BCUT2D eigenvalue weighted by molar-refractivity contribution is 5.30. The highest BCUT2D eigenvalue weighted by atomic mass is 19.3. The van der Waals surface area contributed by atoms with Crippen LogP contribution in [0.5, 0.6) is 5.75 Å². The Labute approximate surface area is 111 Å². The van der Waals surface area contributed by atoms with Gasteiger partial charge >= 0.3 is 0 Å². The number of hydrazine groups is 1. The van der Waals surface area contributed by atoms with Crippen molar-refractivity contribution in [3.8, 4) is 5.75 Å². The number of nitrogens with two attached hydrogens (primary N) is 1. The fourth-order valence-corrected chi connectivity index (χ4v) is 2.74. The molecule has 106 valence electrons. The van der Waals surface area contributed by atoms with Gasteiger partial charge < -0.3 is 4.74 Å². The van der Waals surface area contributed by atoms with Crippen LogP contribution in [-0.4, -0.2) is 18.0 Å². The number of ether oxygens (including phenoxy) is 1. The van der Waals surface area contributed by atoms with Crippen LogP contribution in [0, 0.1) is 5.92 Å². The molecule has 1 aromatic heterocycles. The average molecular weight is 271 g/mol. The normalized spacial score (nSPS) is 23.9. The van der Waals surface area contributed by atoms with E-state index < -0.39 is 12.0 Å². The third-order valence-electron chi connectivity index (χ3n) is 3.64. The van der Waals surface area contributed by atoms with Crippen LogP contribution in [0.2, 0.25) is 0 Å². The van der Waals surface area contributed by atoms with Crippen LogP contribution in [0.3, 0.4) is 0 Å². The predicted molar refractivity (Wildman–Crippen MR) is 67.8 cm³/mol. The molecule has 0 bridgehead atoms. The number of aromatic nitrogens is 1. The Bertz CT molecular complexity index is 428. The first-order chi connectivity index (χ1) is 9.07. The molecular formula is C13H19F2N3O. The molecule has 0 spiro atoms. The van der Waals surface area contributed by atoms with E-state index in [4.69, 9.17) is 10.6 Å². The second kappa shape index (κ2) is 5.79. The maximum atomic E-state index is 13.5. The van der Waals surface area contributed by atoms with Crippen molar-refractivity contribution in [3.05, 3.63) is 24.0 Å². The van der Waals surface area contributed by atoms with E-state index in [0.717, 1.165) is 0 Å². The molecule has 2 atom stereocenters. The number of pyridine rings is 1. The minimum absolute atomic E-state index is 0.0415. The zero-order valence-corrected chi connectivity index (χ0v) is 10.9. The summed E-state index contributed by atoms with van der Waals surface area (Å²) in [6.45, 7) is 0. The smallest absolute Gasteiger partial charge is 0.248 e. The van der Waals surface area contributed by atoms with Crippen LogP contribution in [0.15, 0.2) is 18.3 Å². The SMILES string of the molecule is COc1cccnc1C(NN)C1CCCC(F)(F)C1. The summed E-state index contributed by atoms with van der Waals surface area (Å²) in [5.74, 6) is 3.28. The molecule has 1 aliphatic rings. The summed E-state index contributed by atoms with van der Waals surface area (Å²) in [5, 5.41) is 0. The third-order valence-corrected chi connectivity index (χ3v) is 3.64. The lowest BCUT2D eigenvalue weighted by Gasteiger charge is -2.34. The van der Waals surface area contributed by atoms with Crippen LogP contribution in [0.25, 0.3) is 0 Å². The highest BCUT2D eigenvalue weighted by Gasteiger charge is 2.40. The first kappa shape index (κ1) is 14.1. The molecule has 2 unspecified atom stereocenters. The van der Waals surface area contributed by atoms with Gasteiger partial charge in [0.1, 0.15) is 11.4 Å². The zero-order valence-electron chi connectivity index (χ0n) is 10.9. The highest BCUT2D eigenvalue weighted by Crippen LogP contribution is 2.42. The van der Waals surface area contributed by atoms with Crippen molar-refractivity contribution in [1.29, 1.82) is 0 Å². The van der Waals surface area contributed by atoms with Gasteiger partial charge in [-0.1, -0.05) is 0 Å². The van der Waals surface area contributed by atoms with E-state index in [1.54, 1.807) is 18.3 Å². The largest absolute Gasteiger partial charge is 0.495 e. The zero-order chi connectivity index (χ0) is 13.9. The first-order valence-electron chi connectivity index (χ1n) is 6.40. The van der Waals surface area contributed by atoms with E-state index in [0.29, 0.717) is 24.3 Å². The molecule has 1 fully saturated rings. The number of methoxy groups -OCH3 is 1. The van der Waals surface area contributed by atoms with Crippen molar-refractivity contribution in [2.75, 3.05) is 7.11 Å². The Morgan fingerprint density at radius 2 is 2.37 bits per heavy atom. The summed E-state index contributed by atoms with van der Waals surface area (Å²) < 4.78 is 32.3. The van der Waals surface area contributed by atoms with E-state index in [2.05, 4.69) is 10.4 Å². The van der Waals surface area contributed by atoms with Crippen LogP contribution < -0.4 is 16.0 Å². The molecule has 3 N–H and O–H groups in total. The summed E-state index contributed by atoms with van der Waals surface area (Å²) >= 11 is 0. The van der Waals surface area contributed by atoms with Crippen LogP contribution in [-0.2, 0) is 0 Å². The second-order valence-electron chi connectivity index (χ2n) is 4.95. The summed E-state index contributed by atoms with van der Waals surface area (Å²) in [6, 6.07) is 3.08. The molecule has 0 radical (unpaired) electrons. The fourth-order valence-electron chi connectivity index (χ4n) is 2.74. The van der Waals surface area contributed by atoms with Gasteiger partial charge in [-0.3, -0.25) is 16.3 Å². The molecule has 19 heavy (non-hydrogen) atoms. The molecule has 2 rings (SSSR count). The van der Waals surface area contributed by atoms with Gasteiger partial charge in [0.2, 0.25) is 5.92 Å². The van der Waals surface area contributed by atoms with Crippen LogP contribution in [0.1, 0.15) is 37.4 Å². The standard InChI is InChI=1S/C13H19F2N3O/c1-19-10-5-3-7-17-12(10)11(18-16)9-4-2-6-13(14,15)8-9/h3,5,7,9,11,18H,2,4,6,8,16H2,1H3. The van der Waals surface area contributed by atoms with E-state index in [1.165, 1.54) is 7.11 Å². The molecule has 0 aliphatic heterocycles. The molecule has 0 aromatic carbocycles. The van der Waals surface area contributed by atoms with E-state index in [-0.39, 0.29) is 18.8 Å². The minimum Gasteiger partial charge on any atom is -0.495 e. The number of nitrogens with one attached hydrogen (secondary N) is 1. The van der Waals surface area contributed by atoms with Crippen LogP contribution >= 0.6 is 0 Å². The van der Waals surface area contributed by atoms with Crippen molar-refractivity contribution in [1.82, 2.24) is 10.4 Å². The molecule has 0 amide bonds. The Morgan fingerprint density at radius 1 is 1.58 bits per heavy atom. The monoisotopic (exact) mass is 271 g/mol. The summed E-state index contributed by atoms with van der Waals surface area (Å²) in [6.07, 6.45) is 2.63. The van der Waals surface area contributed by atoms with Gasteiger partial charge in [-0.25, -0.2) is 8.78 Å². The second-order valence-corrected chi connectivity index (χ2v) is 4.95. The summed E-state index contributed by atoms with van der Waals surface area (Å²) in [4.78, 5) is 4.23. The van der Waals surface area contributed by atoms with Gasteiger partial charge in [0.05, 0.1) is 13.2 Å². The maximum Gasteiger partial charge on any atom is 0.248 e. The number of halogens is 2. The van der Waals surface area contributed by atoms with Crippen LogP contribution in [0.4, 0.5) is 8.78 Å². The number of rotatable bonds is 4. The Balaban J connectivity index is 2.24. The topological polar surface area (TPSA) is 60.2 Å². The van der Waals surface area contributed by atoms with E-state index >= 15 is 0 Å². The molecule has 4 nitrogen and oxygen atoms in total. The van der Waals surface area contributed by atoms with Gasteiger partial charge in [-0.15, -0.1) is 0 Å². The quantitative estimate of drug-likeness (QED) is 0.652. The van der Waals surface area contributed by atoms with Crippen molar-refractivity contribution in [2.45, 2.75) is 37.6 Å². The summed E-state index contributed by atoms with van der Waals surface area (Å²) in [7, 11) is 1.53. The number of alkyl halides is 2. The molecule has 1 aliphatic carbocycles. The van der Waals surface area contributed by atoms with E-state index in [1.807, 2.05) is 0 Å². The maximum absolute atomic E-state index is 13.5. The Hall–Kier alpha value is -1.27. The third kappa shape index (κ3) is 3.19. The van der Waals surface area contributed by atoms with E-state index in [9.17, 15) is 8.78 Å². The Kier molecular flexibility index (Phi) is 4.31. The van der Waals surface area contributed by atoms with Gasteiger partial charge in [0.15, 0.2) is 0 Å². The van der Waals surface area contributed by atoms with Crippen molar-refractivity contribution < 1.29 is 13.5 Å². The molecular weight excluding hydrogens is 252 g/mol. The number of hydrogen-bond donors (Lipinski definition) is 2. The molecule has 1 aromatic rings. The van der Waals surface area contributed by atoms with Crippen molar-refractivity contribution in [2.24, 2.45) is 11.8 Å². The fraction of sp³-hybridized carbons (Fsp3) is 0.615. The van der Waals surface area contributed by atoms with Crippen molar-refractivity contribution in [3.63, 3.8) is 0 Å². The van der Waals surface area contributed by atoms with Gasteiger partial charge in [-0.05, 0) is 30.9 Å². The van der Waals surface area contributed by atoms with Gasteiger partial charge in [0, 0.05) is 19.0 Å². The van der Waals surface area contributed by atoms with Crippen molar-refractivity contribution >= 4 is 0 Å². The summed E-state index contributed by atoms with van der Waals surface area (Å²) in [5.41, 5.74) is 3.22. The molecule has 1 saturated carbocycles. The lowest BCUT2D eigenvalue weighted by Crippen LogP contribution is -2.39. The molecule has 0 saturated heterocycles. The average Bonchev–Trinajstić information content (AvgIpc) is 2.39. The van der Waals surface area contributed by atoms with Gasteiger partial charge in [-0.2, -0.15) is 0 Å². The molecule has 6 heteroatoms. The predicted octanol–water partition coefficient (Wildman–Crippen LogP) is 2.42. The lowest BCUT2D eigenvalue weighted by atomic mass is 9.80. The molecule has 1 heterocycles. The minimum atomic E-state index is -2.61. The first-order valence-corrected chi connectivity index (χ1v) is 6.40. The number of hydrogen-bond acceptors (Lipinski definition) is 4. The van der Waals surface area contributed by atoms with Gasteiger partial charge in [0.25, 0.3) is 0 Å². The lowest BCUT2D eigenvalue weighted by molar-refractivity contribution is -0.0587. The number of nitrogens with zero attached hydrogens (tertiary/aromatic N) is 1.